The number of ether oxygens (including phenoxy) is 1. The van der Waals surface area contributed by atoms with E-state index in [-0.39, 0.29) is 0 Å². The second kappa shape index (κ2) is 8.04. The van der Waals surface area contributed by atoms with Gasteiger partial charge in [-0.15, -0.1) is 0 Å². The van der Waals surface area contributed by atoms with Gasteiger partial charge in [0.05, 0.1) is 16.8 Å². The number of hydrogen-bond donors (Lipinski definition) is 1. The van der Waals surface area contributed by atoms with Crippen molar-refractivity contribution in [1.29, 1.82) is 0 Å². The summed E-state index contributed by atoms with van der Waals surface area (Å²) >= 11 is 1.29. The maximum absolute atomic E-state index is 12.6. The molecule has 1 N–H and O–H groups in total. The van der Waals surface area contributed by atoms with Gasteiger partial charge in [-0.05, 0) is 36.4 Å². The Hall–Kier alpha value is -3.20. The van der Waals surface area contributed by atoms with Crippen molar-refractivity contribution in [3.63, 3.8) is 0 Å². The number of nitrogens with zero attached hydrogens (tertiary/aromatic N) is 3. The molecule has 0 aliphatic heterocycles. The highest BCUT2D eigenvalue weighted by Crippen LogP contribution is 2.32. The molecule has 2 aromatic heterocycles. The highest BCUT2D eigenvalue weighted by Gasteiger charge is 2.30. The first-order chi connectivity index (χ1) is 14.0. The maximum atomic E-state index is 12.6. The highest BCUT2D eigenvalue weighted by molar-refractivity contribution is 7.11. The van der Waals surface area contributed by atoms with Crippen LogP contribution in [0.3, 0.4) is 0 Å². The van der Waals surface area contributed by atoms with Gasteiger partial charge >= 0.3 is 6.18 Å². The van der Waals surface area contributed by atoms with E-state index in [1.165, 1.54) is 29.8 Å². The van der Waals surface area contributed by atoms with Crippen LogP contribution < -0.4 is 10.1 Å². The topological polar surface area (TPSA) is 59.9 Å². The molecule has 4 rings (SSSR count). The molecule has 0 radical (unpaired) electrons. The lowest BCUT2D eigenvalue weighted by molar-refractivity contribution is -0.137. The summed E-state index contributed by atoms with van der Waals surface area (Å²) < 4.78 is 43.4. The SMILES string of the molecule is FC(F)(F)c1ccc(Oc2nc(CCNc3ncnc4ccccc34)cs2)cc1. The molecule has 0 atom stereocenters. The number of fused-ring (bicyclic) bond motifs is 1. The Morgan fingerprint density at radius 2 is 1.79 bits per heavy atom. The number of halogens is 3. The molecule has 0 bridgehead atoms. The number of anilines is 1. The first kappa shape index (κ1) is 19.1. The summed E-state index contributed by atoms with van der Waals surface area (Å²) in [5, 5.41) is 6.47. The van der Waals surface area contributed by atoms with Crippen molar-refractivity contribution in [1.82, 2.24) is 15.0 Å². The van der Waals surface area contributed by atoms with E-state index in [1.807, 2.05) is 29.6 Å². The molecule has 0 fully saturated rings. The van der Waals surface area contributed by atoms with Gasteiger partial charge in [0.1, 0.15) is 17.9 Å². The molecule has 29 heavy (non-hydrogen) atoms. The Balaban J connectivity index is 1.35. The molecule has 9 heteroatoms. The maximum Gasteiger partial charge on any atom is 0.416 e. The van der Waals surface area contributed by atoms with Crippen LogP contribution in [0.1, 0.15) is 11.3 Å². The predicted molar refractivity (Wildman–Crippen MR) is 105 cm³/mol. The number of nitrogens with one attached hydrogen (secondary N) is 1. The van der Waals surface area contributed by atoms with Crippen LogP contribution in [-0.4, -0.2) is 21.5 Å². The number of aromatic nitrogens is 3. The molecule has 4 aromatic rings. The van der Waals surface area contributed by atoms with Gasteiger partial charge in [-0.25, -0.2) is 15.0 Å². The number of hydrogen-bond acceptors (Lipinski definition) is 6. The summed E-state index contributed by atoms with van der Waals surface area (Å²) in [6.45, 7) is 0.616. The average Bonchev–Trinajstić information content (AvgIpc) is 3.15. The van der Waals surface area contributed by atoms with Gasteiger partial charge in [-0.2, -0.15) is 13.2 Å². The largest absolute Gasteiger partial charge is 0.431 e. The van der Waals surface area contributed by atoms with E-state index in [0.29, 0.717) is 23.9 Å². The van der Waals surface area contributed by atoms with Crippen molar-refractivity contribution in [2.45, 2.75) is 12.6 Å². The lowest BCUT2D eigenvalue weighted by Crippen LogP contribution is -2.07. The molecule has 2 heterocycles. The predicted octanol–water partition coefficient (Wildman–Crippen LogP) is 5.55. The molecule has 5 nitrogen and oxygen atoms in total. The van der Waals surface area contributed by atoms with E-state index in [1.54, 1.807) is 0 Å². The Morgan fingerprint density at radius 1 is 1.00 bits per heavy atom. The molecule has 2 aromatic carbocycles. The molecule has 0 saturated carbocycles. The highest BCUT2D eigenvalue weighted by atomic mass is 32.1. The fraction of sp³-hybridized carbons (Fsp3) is 0.150. The van der Waals surface area contributed by atoms with Crippen molar-refractivity contribution >= 4 is 28.1 Å². The molecule has 0 unspecified atom stereocenters. The summed E-state index contributed by atoms with van der Waals surface area (Å²) in [7, 11) is 0. The Kier molecular flexibility index (Phi) is 5.30. The van der Waals surface area contributed by atoms with Crippen molar-refractivity contribution < 1.29 is 17.9 Å². The zero-order chi connectivity index (χ0) is 20.3. The van der Waals surface area contributed by atoms with Crippen molar-refractivity contribution in [3.8, 4) is 10.9 Å². The number of thiazole rings is 1. The van der Waals surface area contributed by atoms with Crippen molar-refractivity contribution in [3.05, 3.63) is 71.5 Å². The minimum Gasteiger partial charge on any atom is -0.431 e. The summed E-state index contributed by atoms with van der Waals surface area (Å²) in [5.74, 6) is 1.07. The zero-order valence-corrected chi connectivity index (χ0v) is 15.8. The second-order valence-electron chi connectivity index (χ2n) is 6.15. The lowest BCUT2D eigenvalue weighted by Gasteiger charge is -2.07. The van der Waals surface area contributed by atoms with E-state index in [0.717, 1.165) is 34.5 Å². The number of alkyl halides is 3. The summed E-state index contributed by atoms with van der Waals surface area (Å²) in [6, 6.07) is 12.3. The second-order valence-corrected chi connectivity index (χ2v) is 6.97. The standard InChI is InChI=1S/C20H15F3N4OS/c21-20(22,23)13-5-7-15(8-6-13)28-19-27-14(11-29-19)9-10-24-18-16-3-1-2-4-17(16)25-12-26-18/h1-8,11-12H,9-10H2,(H,24,25,26). The molecule has 0 amide bonds. The lowest BCUT2D eigenvalue weighted by atomic mass is 10.2. The molecular formula is C20H15F3N4OS. The van der Waals surface area contributed by atoms with Crippen LogP contribution in [0, 0.1) is 0 Å². The average molecular weight is 416 g/mol. The normalized spacial score (nSPS) is 11.6. The molecule has 0 saturated heterocycles. The third kappa shape index (κ3) is 4.62. The van der Waals surface area contributed by atoms with Gasteiger partial charge in [0, 0.05) is 23.7 Å². The van der Waals surface area contributed by atoms with E-state index in [9.17, 15) is 13.2 Å². The van der Waals surface area contributed by atoms with Gasteiger partial charge in [0.25, 0.3) is 5.19 Å². The van der Waals surface area contributed by atoms with Gasteiger partial charge in [0.2, 0.25) is 0 Å². The van der Waals surface area contributed by atoms with Crippen LogP contribution in [0.25, 0.3) is 10.9 Å². The molecule has 0 spiro atoms. The summed E-state index contributed by atoms with van der Waals surface area (Å²) in [4.78, 5) is 12.9. The zero-order valence-electron chi connectivity index (χ0n) is 15.0. The van der Waals surface area contributed by atoms with E-state index < -0.39 is 11.7 Å². The fourth-order valence-electron chi connectivity index (χ4n) is 2.72. The van der Waals surface area contributed by atoms with Crippen molar-refractivity contribution in [2.24, 2.45) is 0 Å². The van der Waals surface area contributed by atoms with Crippen LogP contribution in [0.15, 0.2) is 60.2 Å². The quantitative estimate of drug-likeness (QED) is 0.446. The Bertz CT molecular complexity index is 1110. The minimum absolute atomic E-state index is 0.310. The number of benzene rings is 2. The first-order valence-corrected chi connectivity index (χ1v) is 9.60. The van der Waals surface area contributed by atoms with Gasteiger partial charge in [-0.3, -0.25) is 0 Å². The molecular weight excluding hydrogens is 401 g/mol. The first-order valence-electron chi connectivity index (χ1n) is 8.72. The van der Waals surface area contributed by atoms with Crippen LogP contribution >= 0.6 is 11.3 Å². The number of rotatable bonds is 6. The third-order valence-electron chi connectivity index (χ3n) is 4.13. The Labute approximate surface area is 168 Å². The van der Waals surface area contributed by atoms with Crippen LogP contribution in [0.2, 0.25) is 0 Å². The monoisotopic (exact) mass is 416 g/mol. The fourth-order valence-corrected chi connectivity index (χ4v) is 3.44. The van der Waals surface area contributed by atoms with Crippen molar-refractivity contribution in [2.75, 3.05) is 11.9 Å². The third-order valence-corrected chi connectivity index (χ3v) is 4.90. The van der Waals surface area contributed by atoms with E-state index in [2.05, 4.69) is 20.3 Å². The van der Waals surface area contributed by atoms with Gasteiger partial charge in [0.15, 0.2) is 0 Å². The smallest absolute Gasteiger partial charge is 0.416 e. The minimum atomic E-state index is -4.37. The summed E-state index contributed by atoms with van der Waals surface area (Å²) in [5.41, 5.74) is 0.974. The Morgan fingerprint density at radius 3 is 2.59 bits per heavy atom. The number of para-hydroxylation sites is 1. The van der Waals surface area contributed by atoms with E-state index >= 15 is 0 Å². The molecule has 0 aliphatic rings. The van der Waals surface area contributed by atoms with Crippen LogP contribution in [-0.2, 0) is 12.6 Å². The van der Waals surface area contributed by atoms with E-state index in [4.69, 9.17) is 4.74 Å². The summed E-state index contributed by atoms with van der Waals surface area (Å²) in [6.07, 6.45) is -2.20. The van der Waals surface area contributed by atoms with Gasteiger partial charge < -0.3 is 10.1 Å². The van der Waals surface area contributed by atoms with Crippen LogP contribution in [0.5, 0.6) is 10.9 Å². The molecule has 148 valence electrons. The molecule has 0 aliphatic carbocycles. The van der Waals surface area contributed by atoms with Crippen LogP contribution in [0.4, 0.5) is 19.0 Å². The van der Waals surface area contributed by atoms with Gasteiger partial charge in [-0.1, -0.05) is 23.5 Å².